The van der Waals surface area contributed by atoms with Gasteiger partial charge in [-0.2, -0.15) is 4.52 Å². The van der Waals surface area contributed by atoms with Gasteiger partial charge >= 0.3 is 0 Å². The largest absolute Gasteiger partial charge is 0.321 e. The summed E-state index contributed by atoms with van der Waals surface area (Å²) in [6, 6.07) is 10.2. The Morgan fingerprint density at radius 2 is 2.00 bits per heavy atom. The minimum absolute atomic E-state index is 0.144. The number of nitrogens with two attached hydrogens (primary N) is 1. The Hall–Kier alpha value is -1.44. The van der Waals surface area contributed by atoms with Crippen LogP contribution in [0.3, 0.4) is 0 Å². The first kappa shape index (κ1) is 14.5. The molecular formula is C14H17N5S2. The molecule has 21 heavy (non-hydrogen) atoms. The Balaban J connectivity index is 1.78. The number of rotatable bonds is 5. The van der Waals surface area contributed by atoms with Crippen molar-refractivity contribution in [1.82, 2.24) is 19.8 Å². The van der Waals surface area contributed by atoms with E-state index in [9.17, 15) is 0 Å². The average Bonchev–Trinajstić information content (AvgIpc) is 3.05. The van der Waals surface area contributed by atoms with Crippen LogP contribution in [-0.2, 0) is 5.75 Å². The molecule has 3 rings (SSSR count). The van der Waals surface area contributed by atoms with Crippen LogP contribution >= 0.6 is 23.1 Å². The van der Waals surface area contributed by atoms with Crippen LogP contribution in [0, 0.1) is 5.92 Å². The van der Waals surface area contributed by atoms with Gasteiger partial charge in [-0.3, -0.25) is 0 Å². The summed E-state index contributed by atoms with van der Waals surface area (Å²) >= 11 is 3.26. The molecule has 1 aromatic carbocycles. The van der Waals surface area contributed by atoms with Gasteiger partial charge in [-0.05, 0) is 11.5 Å². The maximum absolute atomic E-state index is 6.16. The molecule has 1 atom stereocenters. The van der Waals surface area contributed by atoms with Crippen molar-refractivity contribution in [1.29, 1.82) is 0 Å². The molecule has 110 valence electrons. The van der Waals surface area contributed by atoms with Gasteiger partial charge < -0.3 is 5.73 Å². The standard InChI is InChI=1S/C14H17N5S2/c1-9(2)11(15)12-16-17-13-19(12)18-14(21-13)20-8-10-6-4-3-5-7-10/h3-7,9,11H,8,15H2,1-2H3/t11-/m0/s1. The third kappa shape index (κ3) is 3.09. The van der Waals surface area contributed by atoms with Crippen LogP contribution < -0.4 is 5.73 Å². The molecule has 0 saturated heterocycles. The number of nitrogens with zero attached hydrogens (tertiary/aromatic N) is 4. The van der Waals surface area contributed by atoms with Crippen molar-refractivity contribution in [3.63, 3.8) is 0 Å². The van der Waals surface area contributed by atoms with E-state index in [1.165, 1.54) is 5.56 Å². The number of thioether (sulfide) groups is 1. The summed E-state index contributed by atoms with van der Waals surface area (Å²) in [4.78, 5) is 0.802. The van der Waals surface area contributed by atoms with E-state index in [4.69, 9.17) is 5.73 Å². The highest BCUT2D eigenvalue weighted by Gasteiger charge is 2.20. The van der Waals surface area contributed by atoms with E-state index in [2.05, 4.69) is 41.3 Å². The van der Waals surface area contributed by atoms with Crippen molar-refractivity contribution in [3.8, 4) is 0 Å². The summed E-state index contributed by atoms with van der Waals surface area (Å²) in [6.45, 7) is 4.15. The summed E-state index contributed by atoms with van der Waals surface area (Å²) in [6.07, 6.45) is 0. The Bertz CT molecular complexity index is 719. The van der Waals surface area contributed by atoms with Gasteiger partial charge in [-0.25, -0.2) is 0 Å². The fourth-order valence-corrected chi connectivity index (χ4v) is 3.74. The van der Waals surface area contributed by atoms with Crippen molar-refractivity contribution in [2.45, 2.75) is 30.0 Å². The second-order valence-corrected chi connectivity index (χ2v) is 7.34. The quantitative estimate of drug-likeness (QED) is 0.732. The van der Waals surface area contributed by atoms with Gasteiger partial charge in [0.25, 0.3) is 0 Å². The predicted molar refractivity (Wildman–Crippen MR) is 86.4 cm³/mol. The van der Waals surface area contributed by atoms with Crippen molar-refractivity contribution >= 4 is 28.1 Å². The SMILES string of the molecule is CC(C)[C@H](N)c1nnc2sc(SCc3ccccc3)nn12. The third-order valence-corrected chi connectivity index (χ3v) is 5.32. The molecule has 0 unspecified atom stereocenters. The van der Waals surface area contributed by atoms with E-state index in [0.717, 1.165) is 20.9 Å². The number of aromatic nitrogens is 4. The normalized spacial score (nSPS) is 13.1. The minimum Gasteiger partial charge on any atom is -0.321 e. The molecule has 0 aliphatic heterocycles. The molecule has 7 heteroatoms. The van der Waals surface area contributed by atoms with Crippen LogP contribution in [0.5, 0.6) is 0 Å². The highest BCUT2D eigenvalue weighted by atomic mass is 32.2. The summed E-state index contributed by atoms with van der Waals surface area (Å²) in [5, 5.41) is 12.9. The molecule has 0 amide bonds. The Morgan fingerprint density at radius 1 is 1.24 bits per heavy atom. The fraction of sp³-hybridized carbons (Fsp3) is 0.357. The molecule has 0 fully saturated rings. The smallest absolute Gasteiger partial charge is 0.235 e. The summed E-state index contributed by atoms with van der Waals surface area (Å²) in [5.74, 6) is 1.94. The zero-order chi connectivity index (χ0) is 14.8. The number of benzene rings is 1. The lowest BCUT2D eigenvalue weighted by Gasteiger charge is -2.11. The van der Waals surface area contributed by atoms with Gasteiger partial charge in [-0.15, -0.1) is 15.3 Å². The highest BCUT2D eigenvalue weighted by molar-refractivity contribution is 8.00. The average molecular weight is 319 g/mol. The van der Waals surface area contributed by atoms with E-state index in [-0.39, 0.29) is 6.04 Å². The second kappa shape index (κ2) is 6.13. The molecule has 5 nitrogen and oxygen atoms in total. The van der Waals surface area contributed by atoms with Crippen LogP contribution in [0.15, 0.2) is 34.7 Å². The van der Waals surface area contributed by atoms with E-state index in [1.54, 1.807) is 27.6 Å². The van der Waals surface area contributed by atoms with Crippen molar-refractivity contribution in [2.24, 2.45) is 11.7 Å². The molecule has 2 heterocycles. The van der Waals surface area contributed by atoms with E-state index < -0.39 is 0 Å². The molecule has 0 aliphatic carbocycles. The second-order valence-electron chi connectivity index (χ2n) is 5.16. The van der Waals surface area contributed by atoms with Gasteiger partial charge in [0.15, 0.2) is 10.2 Å². The van der Waals surface area contributed by atoms with Gasteiger partial charge in [0, 0.05) is 5.75 Å². The maximum Gasteiger partial charge on any atom is 0.235 e. The summed E-state index contributed by atoms with van der Waals surface area (Å²) in [7, 11) is 0. The highest BCUT2D eigenvalue weighted by Crippen LogP contribution is 2.29. The van der Waals surface area contributed by atoms with Crippen LogP contribution in [0.4, 0.5) is 0 Å². The minimum atomic E-state index is -0.144. The lowest BCUT2D eigenvalue weighted by molar-refractivity contribution is 0.479. The molecule has 2 aromatic heterocycles. The van der Waals surface area contributed by atoms with Gasteiger partial charge in [0.05, 0.1) is 6.04 Å². The van der Waals surface area contributed by atoms with Gasteiger partial charge in [0.2, 0.25) is 4.96 Å². The molecular weight excluding hydrogens is 302 g/mol. The van der Waals surface area contributed by atoms with E-state index in [1.807, 2.05) is 18.2 Å². The van der Waals surface area contributed by atoms with E-state index >= 15 is 0 Å². The Labute approximate surface area is 131 Å². The lowest BCUT2D eigenvalue weighted by Crippen LogP contribution is -2.20. The third-order valence-electron chi connectivity index (χ3n) is 3.22. The van der Waals surface area contributed by atoms with Crippen molar-refractivity contribution < 1.29 is 0 Å². The van der Waals surface area contributed by atoms with Crippen LogP contribution in [0.25, 0.3) is 4.96 Å². The van der Waals surface area contributed by atoms with E-state index in [0.29, 0.717) is 5.92 Å². The number of hydrogen-bond acceptors (Lipinski definition) is 6. The molecule has 2 N–H and O–H groups in total. The number of hydrogen-bond donors (Lipinski definition) is 1. The maximum atomic E-state index is 6.16. The van der Waals surface area contributed by atoms with Gasteiger partial charge in [0.1, 0.15) is 0 Å². The lowest BCUT2D eigenvalue weighted by atomic mass is 10.1. The zero-order valence-corrected chi connectivity index (χ0v) is 13.6. The van der Waals surface area contributed by atoms with Crippen LogP contribution in [-0.4, -0.2) is 19.8 Å². The zero-order valence-electron chi connectivity index (χ0n) is 11.9. The first-order valence-corrected chi connectivity index (χ1v) is 8.60. The van der Waals surface area contributed by atoms with Gasteiger partial charge in [-0.1, -0.05) is 67.3 Å². The monoisotopic (exact) mass is 319 g/mol. The molecule has 3 aromatic rings. The molecule has 0 radical (unpaired) electrons. The first-order valence-electron chi connectivity index (χ1n) is 6.79. The molecule has 0 aliphatic rings. The summed E-state index contributed by atoms with van der Waals surface area (Å²) < 4.78 is 2.77. The van der Waals surface area contributed by atoms with Crippen molar-refractivity contribution in [3.05, 3.63) is 41.7 Å². The van der Waals surface area contributed by atoms with Crippen molar-refractivity contribution in [2.75, 3.05) is 0 Å². The predicted octanol–water partition coefficient (Wildman–Crippen LogP) is 3.13. The Morgan fingerprint density at radius 3 is 2.71 bits per heavy atom. The fourth-order valence-electron chi connectivity index (χ4n) is 1.90. The number of fused-ring (bicyclic) bond motifs is 1. The molecule has 0 spiro atoms. The summed E-state index contributed by atoms with van der Waals surface area (Å²) in [5.41, 5.74) is 7.44. The topological polar surface area (TPSA) is 69.1 Å². The first-order chi connectivity index (χ1) is 10.1. The van der Waals surface area contributed by atoms with Crippen LogP contribution in [0.1, 0.15) is 31.3 Å². The van der Waals surface area contributed by atoms with Crippen LogP contribution in [0.2, 0.25) is 0 Å². The molecule has 0 saturated carbocycles. The Kier molecular flexibility index (Phi) is 4.23. The molecule has 0 bridgehead atoms.